The number of rotatable bonds is 5. The molecule has 4 heteroatoms. The molecule has 2 nitrogen and oxygen atoms in total. The fourth-order valence-corrected chi connectivity index (χ4v) is 1.60. The first-order chi connectivity index (χ1) is 4.72. The van der Waals surface area contributed by atoms with Gasteiger partial charge in [-0.05, 0) is 13.0 Å². The summed E-state index contributed by atoms with van der Waals surface area (Å²) in [5.74, 6) is 0.154. The summed E-state index contributed by atoms with van der Waals surface area (Å²) >= 11 is 0. The third-order valence-corrected chi connectivity index (χ3v) is 2.99. The summed E-state index contributed by atoms with van der Waals surface area (Å²) in [5, 5.41) is 0.0424. The van der Waals surface area contributed by atoms with E-state index < -0.39 is 17.5 Å². The summed E-state index contributed by atoms with van der Waals surface area (Å²) in [7, 11) is -1.02. The van der Waals surface area contributed by atoms with Gasteiger partial charge >= 0.3 is 0 Å². The molecule has 0 saturated heterocycles. The summed E-state index contributed by atoms with van der Waals surface area (Å²) in [6.45, 7) is 1.86. The highest BCUT2D eigenvalue weighted by atomic mass is 32.2. The molecule has 0 aliphatic rings. The standard InChI is InChI=1S/C6H14FNOS/c1-6(2-4-8)10(9)5-3-7/h6H,2-5,8H2,1H3. The molecule has 0 aromatic carbocycles. The summed E-state index contributed by atoms with van der Waals surface area (Å²) in [6, 6.07) is 0. The summed E-state index contributed by atoms with van der Waals surface area (Å²) < 4.78 is 22.6. The molecule has 0 spiro atoms. The average Bonchev–Trinajstić information content (AvgIpc) is 1.89. The van der Waals surface area contributed by atoms with Gasteiger partial charge in [0.05, 0.1) is 5.75 Å². The van der Waals surface area contributed by atoms with Gasteiger partial charge in [0.15, 0.2) is 0 Å². The van der Waals surface area contributed by atoms with Crippen LogP contribution in [0.15, 0.2) is 0 Å². The Balaban J connectivity index is 3.49. The van der Waals surface area contributed by atoms with Crippen LogP contribution in [-0.4, -0.2) is 28.4 Å². The molecule has 0 aliphatic heterocycles. The molecule has 2 unspecified atom stereocenters. The number of halogens is 1. The van der Waals surface area contributed by atoms with Crippen LogP contribution in [0, 0.1) is 0 Å². The molecule has 0 aromatic rings. The minimum Gasteiger partial charge on any atom is -0.330 e. The van der Waals surface area contributed by atoms with Crippen LogP contribution in [0.3, 0.4) is 0 Å². The van der Waals surface area contributed by atoms with Crippen LogP contribution < -0.4 is 5.73 Å². The van der Waals surface area contributed by atoms with E-state index in [0.29, 0.717) is 13.0 Å². The zero-order chi connectivity index (χ0) is 7.98. The SMILES string of the molecule is CC(CCN)S(=O)CCF. The van der Waals surface area contributed by atoms with Crippen molar-refractivity contribution in [1.82, 2.24) is 0 Å². The lowest BCUT2D eigenvalue weighted by atomic mass is 10.3. The topological polar surface area (TPSA) is 43.1 Å². The minimum atomic E-state index is -1.02. The van der Waals surface area contributed by atoms with Crippen molar-refractivity contribution in [2.45, 2.75) is 18.6 Å². The van der Waals surface area contributed by atoms with Gasteiger partial charge in [0.1, 0.15) is 6.67 Å². The molecule has 0 aliphatic carbocycles. The lowest BCUT2D eigenvalue weighted by Gasteiger charge is -2.06. The van der Waals surface area contributed by atoms with Crippen LogP contribution in [0.1, 0.15) is 13.3 Å². The molecule has 0 bridgehead atoms. The van der Waals surface area contributed by atoms with Crippen LogP contribution in [0.2, 0.25) is 0 Å². The number of hydrogen-bond donors (Lipinski definition) is 1. The molecule has 2 atom stereocenters. The van der Waals surface area contributed by atoms with Crippen molar-refractivity contribution < 1.29 is 8.60 Å². The number of alkyl halides is 1. The second kappa shape index (κ2) is 5.80. The molecule has 0 radical (unpaired) electrons. The lowest BCUT2D eigenvalue weighted by molar-refractivity contribution is 0.527. The number of nitrogens with two attached hydrogens (primary N) is 1. The predicted octanol–water partition coefficient (Wildman–Crippen LogP) is 0.442. The predicted molar refractivity (Wildman–Crippen MR) is 42.1 cm³/mol. The smallest absolute Gasteiger partial charge is 0.101 e. The van der Waals surface area contributed by atoms with Gasteiger partial charge in [-0.2, -0.15) is 0 Å². The van der Waals surface area contributed by atoms with Crippen molar-refractivity contribution in [3.05, 3.63) is 0 Å². The number of hydrogen-bond acceptors (Lipinski definition) is 2. The van der Waals surface area contributed by atoms with Crippen molar-refractivity contribution in [1.29, 1.82) is 0 Å². The second-order valence-corrected chi connectivity index (χ2v) is 4.14. The molecule has 0 amide bonds. The minimum absolute atomic E-state index is 0.0424. The van der Waals surface area contributed by atoms with Crippen LogP contribution in [0.4, 0.5) is 4.39 Å². The zero-order valence-electron chi connectivity index (χ0n) is 6.18. The highest BCUT2D eigenvalue weighted by molar-refractivity contribution is 7.85. The maximum atomic E-state index is 11.6. The van der Waals surface area contributed by atoms with E-state index in [1.165, 1.54) is 0 Å². The van der Waals surface area contributed by atoms with E-state index in [-0.39, 0.29) is 11.0 Å². The van der Waals surface area contributed by atoms with Crippen molar-refractivity contribution in [3.8, 4) is 0 Å². The van der Waals surface area contributed by atoms with Crippen LogP contribution in [0.5, 0.6) is 0 Å². The Labute approximate surface area is 63.4 Å². The molecular formula is C6H14FNOS. The Kier molecular flexibility index (Phi) is 5.82. The van der Waals surface area contributed by atoms with E-state index in [1.807, 2.05) is 6.92 Å². The Bertz CT molecular complexity index is 110. The Hall–Kier alpha value is 0.0400. The monoisotopic (exact) mass is 167 g/mol. The van der Waals surface area contributed by atoms with Gasteiger partial charge in [-0.15, -0.1) is 0 Å². The van der Waals surface area contributed by atoms with Gasteiger partial charge in [-0.3, -0.25) is 8.60 Å². The molecule has 0 heterocycles. The van der Waals surface area contributed by atoms with Crippen LogP contribution in [-0.2, 0) is 10.8 Å². The van der Waals surface area contributed by atoms with E-state index in [0.717, 1.165) is 0 Å². The fourth-order valence-electron chi connectivity index (χ4n) is 0.643. The maximum absolute atomic E-state index is 11.6. The molecule has 0 aromatic heterocycles. The largest absolute Gasteiger partial charge is 0.330 e. The van der Waals surface area contributed by atoms with Gasteiger partial charge in [-0.25, -0.2) is 0 Å². The molecule has 62 valence electrons. The summed E-state index contributed by atoms with van der Waals surface area (Å²) in [5.41, 5.74) is 5.24. The quantitative estimate of drug-likeness (QED) is 0.645. The normalized spacial score (nSPS) is 16.7. The third-order valence-electron chi connectivity index (χ3n) is 1.30. The first kappa shape index (κ1) is 10.0. The highest BCUT2D eigenvalue weighted by Gasteiger charge is 2.08. The summed E-state index contributed by atoms with van der Waals surface area (Å²) in [4.78, 5) is 0. The van der Waals surface area contributed by atoms with Gasteiger partial charge in [0, 0.05) is 16.0 Å². The van der Waals surface area contributed by atoms with Gasteiger partial charge < -0.3 is 5.73 Å². The van der Waals surface area contributed by atoms with Gasteiger partial charge in [0.2, 0.25) is 0 Å². The molecule has 0 saturated carbocycles. The van der Waals surface area contributed by atoms with E-state index in [9.17, 15) is 8.60 Å². The average molecular weight is 167 g/mol. The molecule has 0 rings (SSSR count). The molecular weight excluding hydrogens is 153 g/mol. The third kappa shape index (κ3) is 3.95. The second-order valence-electron chi connectivity index (χ2n) is 2.16. The Morgan fingerprint density at radius 1 is 1.70 bits per heavy atom. The highest BCUT2D eigenvalue weighted by Crippen LogP contribution is 1.99. The van der Waals surface area contributed by atoms with E-state index in [4.69, 9.17) is 5.73 Å². The van der Waals surface area contributed by atoms with Crippen LogP contribution in [0.25, 0.3) is 0 Å². The van der Waals surface area contributed by atoms with E-state index in [2.05, 4.69) is 0 Å². The maximum Gasteiger partial charge on any atom is 0.101 e. The van der Waals surface area contributed by atoms with Crippen molar-refractivity contribution in [2.24, 2.45) is 5.73 Å². The van der Waals surface area contributed by atoms with E-state index in [1.54, 1.807) is 0 Å². The first-order valence-electron chi connectivity index (χ1n) is 3.35. The fraction of sp³-hybridized carbons (Fsp3) is 1.00. The van der Waals surface area contributed by atoms with Crippen LogP contribution >= 0.6 is 0 Å². The van der Waals surface area contributed by atoms with Crippen molar-refractivity contribution >= 4 is 10.8 Å². The lowest BCUT2D eigenvalue weighted by Crippen LogP contribution is -2.18. The molecule has 10 heavy (non-hydrogen) atoms. The molecule has 0 fully saturated rings. The van der Waals surface area contributed by atoms with Gasteiger partial charge in [0.25, 0.3) is 0 Å². The van der Waals surface area contributed by atoms with Crippen molar-refractivity contribution in [3.63, 3.8) is 0 Å². The van der Waals surface area contributed by atoms with E-state index >= 15 is 0 Å². The Morgan fingerprint density at radius 2 is 2.30 bits per heavy atom. The zero-order valence-corrected chi connectivity index (χ0v) is 6.99. The first-order valence-corrected chi connectivity index (χ1v) is 4.73. The van der Waals surface area contributed by atoms with Gasteiger partial charge in [-0.1, -0.05) is 6.92 Å². The van der Waals surface area contributed by atoms with Crippen molar-refractivity contribution in [2.75, 3.05) is 19.0 Å². The molecule has 2 N–H and O–H groups in total. The Morgan fingerprint density at radius 3 is 2.70 bits per heavy atom. The summed E-state index contributed by atoms with van der Waals surface area (Å²) in [6.07, 6.45) is 0.715.